The third-order valence-corrected chi connectivity index (χ3v) is 4.66. The molecular formula is C20H26N4O. The zero-order valence-electron chi connectivity index (χ0n) is 15.4. The Morgan fingerprint density at radius 3 is 2.72 bits per heavy atom. The molecular weight excluding hydrogens is 312 g/mol. The fourth-order valence-corrected chi connectivity index (χ4v) is 3.13. The molecule has 3 rings (SSSR count). The number of carbonyl (C=O) groups excluding carboxylic acids is 1. The van der Waals surface area contributed by atoms with Crippen molar-refractivity contribution >= 4 is 16.8 Å². The van der Waals surface area contributed by atoms with E-state index in [1.165, 1.54) is 0 Å². The highest BCUT2D eigenvalue weighted by atomic mass is 16.1. The number of hydrogen-bond acceptors (Lipinski definition) is 2. The van der Waals surface area contributed by atoms with Gasteiger partial charge < -0.3 is 14.5 Å². The molecule has 0 spiro atoms. The normalized spacial score (nSPS) is 13.1. The van der Waals surface area contributed by atoms with E-state index in [1.807, 2.05) is 36.1 Å². The quantitative estimate of drug-likeness (QED) is 0.777. The minimum atomic E-state index is -0.0430. The maximum atomic E-state index is 12.7. The van der Waals surface area contributed by atoms with Gasteiger partial charge in [0.05, 0.1) is 18.8 Å². The molecule has 0 aliphatic rings. The summed E-state index contributed by atoms with van der Waals surface area (Å²) in [5, 5.41) is 4.36. The molecule has 2 aromatic heterocycles. The second-order valence-corrected chi connectivity index (χ2v) is 7.70. The molecule has 1 amide bonds. The molecule has 0 unspecified atom stereocenters. The number of imidazole rings is 1. The average molecular weight is 338 g/mol. The van der Waals surface area contributed by atoms with Crippen molar-refractivity contribution in [3.05, 3.63) is 54.7 Å². The SMILES string of the molecule is Cn1cc(CC(=O)N[C@@H](Cn2ccnc2)C(C)(C)C)c2ccccc21. The van der Waals surface area contributed by atoms with Gasteiger partial charge in [-0.15, -0.1) is 0 Å². The molecule has 0 bridgehead atoms. The van der Waals surface area contributed by atoms with Crippen LogP contribution in [0.25, 0.3) is 10.9 Å². The maximum Gasteiger partial charge on any atom is 0.224 e. The van der Waals surface area contributed by atoms with Crippen LogP contribution in [0.2, 0.25) is 0 Å². The lowest BCUT2D eigenvalue weighted by Crippen LogP contribution is -2.46. The van der Waals surface area contributed by atoms with Gasteiger partial charge in [-0.3, -0.25) is 4.79 Å². The van der Waals surface area contributed by atoms with Gasteiger partial charge in [-0.1, -0.05) is 39.0 Å². The Morgan fingerprint density at radius 1 is 1.28 bits per heavy atom. The van der Waals surface area contributed by atoms with Gasteiger partial charge >= 0.3 is 0 Å². The second kappa shape index (κ2) is 6.75. The fourth-order valence-electron chi connectivity index (χ4n) is 3.13. The molecule has 1 atom stereocenters. The third-order valence-electron chi connectivity index (χ3n) is 4.66. The highest BCUT2D eigenvalue weighted by Gasteiger charge is 2.26. The molecule has 0 aliphatic heterocycles. The van der Waals surface area contributed by atoms with Crippen LogP contribution in [0.5, 0.6) is 0 Å². The predicted octanol–water partition coefficient (Wildman–Crippen LogP) is 3.15. The van der Waals surface area contributed by atoms with Crippen molar-refractivity contribution in [1.29, 1.82) is 0 Å². The molecule has 3 aromatic rings. The molecule has 0 fully saturated rings. The molecule has 132 valence electrons. The first-order valence-corrected chi connectivity index (χ1v) is 8.62. The molecule has 0 aliphatic carbocycles. The molecule has 1 N–H and O–H groups in total. The summed E-state index contributed by atoms with van der Waals surface area (Å²) in [7, 11) is 2.01. The van der Waals surface area contributed by atoms with Crippen LogP contribution < -0.4 is 5.32 Å². The van der Waals surface area contributed by atoms with E-state index in [-0.39, 0.29) is 17.4 Å². The van der Waals surface area contributed by atoms with Crippen molar-refractivity contribution < 1.29 is 4.79 Å². The minimum absolute atomic E-state index is 0.0316. The van der Waals surface area contributed by atoms with Gasteiger partial charge in [-0.05, 0) is 17.0 Å². The Morgan fingerprint density at radius 2 is 2.04 bits per heavy atom. The zero-order valence-corrected chi connectivity index (χ0v) is 15.4. The van der Waals surface area contributed by atoms with E-state index in [0.29, 0.717) is 13.0 Å². The Labute approximate surface area is 148 Å². The van der Waals surface area contributed by atoms with Crippen LogP contribution in [0, 0.1) is 5.41 Å². The zero-order chi connectivity index (χ0) is 18.0. The highest BCUT2D eigenvalue weighted by molar-refractivity contribution is 5.89. The first-order chi connectivity index (χ1) is 11.8. The van der Waals surface area contributed by atoms with Gasteiger partial charge in [0.15, 0.2) is 0 Å². The summed E-state index contributed by atoms with van der Waals surface area (Å²) < 4.78 is 4.08. The van der Waals surface area contributed by atoms with Crippen molar-refractivity contribution in [1.82, 2.24) is 19.4 Å². The lowest BCUT2D eigenvalue weighted by atomic mass is 9.86. The number of fused-ring (bicyclic) bond motifs is 1. The van der Waals surface area contributed by atoms with Crippen LogP contribution in [0.1, 0.15) is 26.3 Å². The summed E-state index contributed by atoms with van der Waals surface area (Å²) in [6.45, 7) is 7.15. The van der Waals surface area contributed by atoms with E-state index in [0.717, 1.165) is 16.5 Å². The monoisotopic (exact) mass is 338 g/mol. The van der Waals surface area contributed by atoms with E-state index in [1.54, 1.807) is 12.5 Å². The van der Waals surface area contributed by atoms with Gasteiger partial charge in [0.1, 0.15) is 0 Å². The number of aromatic nitrogens is 3. The maximum absolute atomic E-state index is 12.7. The summed E-state index contributed by atoms with van der Waals surface area (Å²) in [6.07, 6.45) is 7.91. The lowest BCUT2D eigenvalue weighted by molar-refractivity contribution is -0.122. The van der Waals surface area contributed by atoms with Crippen molar-refractivity contribution in [2.24, 2.45) is 12.5 Å². The number of rotatable bonds is 5. The number of nitrogens with one attached hydrogen (secondary N) is 1. The highest BCUT2D eigenvalue weighted by Crippen LogP contribution is 2.23. The summed E-state index contributed by atoms with van der Waals surface area (Å²) in [6, 6.07) is 8.22. The first kappa shape index (κ1) is 17.3. The number of para-hydroxylation sites is 1. The lowest BCUT2D eigenvalue weighted by Gasteiger charge is -2.31. The van der Waals surface area contributed by atoms with E-state index in [4.69, 9.17) is 0 Å². The molecule has 0 saturated carbocycles. The van der Waals surface area contributed by atoms with Crippen molar-refractivity contribution in [2.75, 3.05) is 0 Å². The topological polar surface area (TPSA) is 51.9 Å². The van der Waals surface area contributed by atoms with Crippen LogP contribution in [0.3, 0.4) is 0 Å². The standard InChI is InChI=1S/C20H26N4O/c1-20(2,3)18(13-24-10-9-21-14-24)22-19(25)11-15-12-23(4)17-8-6-5-7-16(15)17/h5-10,12,14,18H,11,13H2,1-4H3,(H,22,25)/t18-/m0/s1. The molecule has 5 nitrogen and oxygen atoms in total. The van der Waals surface area contributed by atoms with Crippen LogP contribution in [-0.4, -0.2) is 26.1 Å². The number of hydrogen-bond donors (Lipinski definition) is 1. The smallest absolute Gasteiger partial charge is 0.224 e. The van der Waals surface area contributed by atoms with E-state index >= 15 is 0 Å². The summed E-state index contributed by atoms with van der Waals surface area (Å²) >= 11 is 0. The second-order valence-electron chi connectivity index (χ2n) is 7.70. The number of benzene rings is 1. The molecule has 0 radical (unpaired) electrons. The van der Waals surface area contributed by atoms with Gasteiger partial charge in [0, 0.05) is 43.1 Å². The van der Waals surface area contributed by atoms with Crippen molar-refractivity contribution in [3.8, 4) is 0 Å². The Kier molecular flexibility index (Phi) is 4.66. The fraction of sp³-hybridized carbons (Fsp3) is 0.400. The Bertz CT molecular complexity index is 856. The van der Waals surface area contributed by atoms with Crippen LogP contribution >= 0.6 is 0 Å². The number of amides is 1. The third kappa shape index (κ3) is 3.92. The first-order valence-electron chi connectivity index (χ1n) is 8.62. The van der Waals surface area contributed by atoms with E-state index in [9.17, 15) is 4.79 Å². The summed E-state index contributed by atoms with van der Waals surface area (Å²) in [5.41, 5.74) is 2.17. The molecule has 1 aromatic carbocycles. The Balaban J connectivity index is 1.75. The van der Waals surface area contributed by atoms with Gasteiger partial charge in [-0.25, -0.2) is 4.98 Å². The van der Waals surface area contributed by atoms with E-state index in [2.05, 4.69) is 47.8 Å². The Hall–Kier alpha value is -2.56. The molecule has 25 heavy (non-hydrogen) atoms. The van der Waals surface area contributed by atoms with E-state index < -0.39 is 0 Å². The number of nitrogens with zero attached hydrogens (tertiary/aromatic N) is 3. The molecule has 0 saturated heterocycles. The van der Waals surface area contributed by atoms with Crippen molar-refractivity contribution in [3.63, 3.8) is 0 Å². The minimum Gasteiger partial charge on any atom is -0.351 e. The molecule has 5 heteroatoms. The van der Waals surface area contributed by atoms with Crippen LogP contribution in [-0.2, 0) is 24.8 Å². The van der Waals surface area contributed by atoms with Gasteiger partial charge in [-0.2, -0.15) is 0 Å². The molecule has 2 heterocycles. The van der Waals surface area contributed by atoms with Crippen LogP contribution in [0.15, 0.2) is 49.2 Å². The average Bonchev–Trinajstić information content (AvgIpc) is 3.15. The largest absolute Gasteiger partial charge is 0.351 e. The van der Waals surface area contributed by atoms with Gasteiger partial charge in [0.2, 0.25) is 5.91 Å². The summed E-state index contributed by atoms with van der Waals surface area (Å²) in [4.78, 5) is 16.8. The summed E-state index contributed by atoms with van der Waals surface area (Å²) in [5.74, 6) is 0.0522. The number of aryl methyl sites for hydroxylation is 1. The van der Waals surface area contributed by atoms with Crippen LogP contribution in [0.4, 0.5) is 0 Å². The number of carbonyl (C=O) groups is 1. The predicted molar refractivity (Wildman–Crippen MR) is 100 cm³/mol. The van der Waals surface area contributed by atoms with Gasteiger partial charge in [0.25, 0.3) is 0 Å². The van der Waals surface area contributed by atoms with Crippen molar-refractivity contribution in [2.45, 2.75) is 39.8 Å².